The third kappa shape index (κ3) is 9.47. The summed E-state index contributed by atoms with van der Waals surface area (Å²) in [5.74, 6) is 0.819. The predicted molar refractivity (Wildman–Crippen MR) is 156 cm³/mol. The largest absolute Gasteiger partial charge is 0.481 e. The molecule has 1 amide bonds. The summed E-state index contributed by atoms with van der Waals surface area (Å²) >= 11 is 0. The van der Waals surface area contributed by atoms with E-state index in [2.05, 4.69) is 29.1 Å². The number of nitrogens with zero attached hydrogens (tertiary/aromatic N) is 2. The van der Waals surface area contributed by atoms with Crippen molar-refractivity contribution in [1.29, 1.82) is 0 Å². The molecule has 2 N–H and O–H groups in total. The fourth-order valence-electron chi connectivity index (χ4n) is 4.04. The number of amides is 1. The van der Waals surface area contributed by atoms with Gasteiger partial charge in [-0.1, -0.05) is 12.1 Å². The number of pyridine rings is 1. The zero-order valence-corrected chi connectivity index (χ0v) is 24.8. The van der Waals surface area contributed by atoms with Crippen molar-refractivity contribution < 1.29 is 28.9 Å². The molecule has 10 heteroatoms. The SMILES string of the molecule is Cc1cn(COCCS(C)(C)C)c2nccc(Oc3cccc(C(CNC(=O)OC(C)(C)C)CC(=O)O)c3)c12. The van der Waals surface area contributed by atoms with Gasteiger partial charge in [0.05, 0.1) is 18.4 Å². The van der Waals surface area contributed by atoms with Crippen molar-refractivity contribution in [2.45, 2.75) is 52.4 Å². The van der Waals surface area contributed by atoms with Gasteiger partial charge in [-0.05, 0) is 75.8 Å². The Morgan fingerprint density at radius 1 is 1.18 bits per heavy atom. The molecule has 0 aliphatic rings. The lowest BCUT2D eigenvalue weighted by atomic mass is 9.95. The first-order valence-corrected chi connectivity index (χ1v) is 15.9. The molecule has 9 nitrogen and oxygen atoms in total. The minimum atomic E-state index is -0.962. The van der Waals surface area contributed by atoms with Gasteiger partial charge in [-0.2, -0.15) is 0 Å². The van der Waals surface area contributed by atoms with E-state index in [4.69, 9.17) is 14.2 Å². The van der Waals surface area contributed by atoms with Crippen LogP contribution in [0.3, 0.4) is 0 Å². The number of alkyl carbamates (subject to hydrolysis) is 1. The second-order valence-electron chi connectivity index (χ2n) is 11.5. The van der Waals surface area contributed by atoms with E-state index in [9.17, 15) is 14.7 Å². The fraction of sp³-hybridized carbons (Fsp3) is 0.483. The highest BCUT2D eigenvalue weighted by atomic mass is 32.3. The molecule has 39 heavy (non-hydrogen) atoms. The summed E-state index contributed by atoms with van der Waals surface area (Å²) in [4.78, 5) is 28.3. The molecule has 0 bridgehead atoms. The number of carboxylic acids is 1. The third-order valence-corrected chi connectivity index (χ3v) is 7.24. The van der Waals surface area contributed by atoms with Gasteiger partial charge in [0.2, 0.25) is 0 Å². The summed E-state index contributed by atoms with van der Waals surface area (Å²) in [6.45, 7) is 8.55. The molecule has 3 aromatic rings. The molecule has 214 valence electrons. The molecular formula is C29H41N3O6S. The number of aliphatic carboxylic acids is 1. The van der Waals surface area contributed by atoms with E-state index in [0.717, 1.165) is 27.9 Å². The second-order valence-corrected chi connectivity index (χ2v) is 16.1. The smallest absolute Gasteiger partial charge is 0.407 e. The predicted octanol–water partition coefficient (Wildman–Crippen LogP) is 5.89. The van der Waals surface area contributed by atoms with Gasteiger partial charge in [0.15, 0.2) is 0 Å². The van der Waals surface area contributed by atoms with E-state index in [1.54, 1.807) is 33.0 Å². The lowest BCUT2D eigenvalue weighted by molar-refractivity contribution is -0.137. The van der Waals surface area contributed by atoms with E-state index >= 15 is 0 Å². The lowest BCUT2D eigenvalue weighted by Gasteiger charge is -2.24. The normalized spacial score (nSPS) is 13.2. The highest BCUT2D eigenvalue weighted by Gasteiger charge is 2.21. The maximum absolute atomic E-state index is 12.2. The van der Waals surface area contributed by atoms with Gasteiger partial charge in [0, 0.05) is 30.6 Å². The van der Waals surface area contributed by atoms with E-state index in [-0.39, 0.29) is 13.0 Å². The molecule has 0 saturated heterocycles. The zero-order valence-electron chi connectivity index (χ0n) is 23.9. The molecule has 2 heterocycles. The van der Waals surface area contributed by atoms with Crippen LogP contribution in [0.2, 0.25) is 0 Å². The number of aromatic nitrogens is 2. The monoisotopic (exact) mass is 559 g/mol. The fourth-order valence-corrected chi connectivity index (χ4v) is 4.65. The first kappa shape index (κ1) is 30.3. The molecule has 1 atom stereocenters. The molecule has 0 saturated carbocycles. The highest BCUT2D eigenvalue weighted by Crippen LogP contribution is 2.35. The van der Waals surface area contributed by atoms with Gasteiger partial charge >= 0.3 is 12.1 Å². The Labute approximate surface area is 232 Å². The summed E-state index contributed by atoms with van der Waals surface area (Å²) in [7, 11) is -0.619. The first-order valence-electron chi connectivity index (χ1n) is 12.9. The van der Waals surface area contributed by atoms with E-state index in [1.807, 2.05) is 42.0 Å². The molecule has 1 unspecified atom stereocenters. The molecule has 0 spiro atoms. The van der Waals surface area contributed by atoms with Crippen molar-refractivity contribution in [2.75, 3.05) is 37.7 Å². The van der Waals surface area contributed by atoms with Crippen LogP contribution < -0.4 is 10.1 Å². The zero-order chi connectivity index (χ0) is 28.8. The van der Waals surface area contributed by atoms with Gasteiger partial charge in [-0.15, -0.1) is 0 Å². The number of hydrogen-bond donors (Lipinski definition) is 2. The van der Waals surface area contributed by atoms with Crippen LogP contribution in [0, 0.1) is 6.92 Å². The average Bonchev–Trinajstić information content (AvgIpc) is 3.14. The summed E-state index contributed by atoms with van der Waals surface area (Å²) < 4.78 is 19.5. The second kappa shape index (κ2) is 12.7. The van der Waals surface area contributed by atoms with E-state index in [1.165, 1.54) is 0 Å². The minimum Gasteiger partial charge on any atom is -0.481 e. The van der Waals surface area contributed by atoms with Crippen molar-refractivity contribution in [3.8, 4) is 11.5 Å². The number of carboxylic acid groups (broad SMARTS) is 1. The third-order valence-electron chi connectivity index (χ3n) is 5.85. The maximum atomic E-state index is 12.2. The van der Waals surface area contributed by atoms with Crippen LogP contribution in [-0.2, 0) is 21.0 Å². The quantitative estimate of drug-likeness (QED) is 0.266. The van der Waals surface area contributed by atoms with Crippen LogP contribution >= 0.6 is 10.0 Å². The van der Waals surface area contributed by atoms with Crippen molar-refractivity contribution in [1.82, 2.24) is 14.9 Å². The molecule has 0 aliphatic carbocycles. The summed E-state index contributed by atoms with van der Waals surface area (Å²) in [5, 5.41) is 13.1. The van der Waals surface area contributed by atoms with Gasteiger partial charge < -0.3 is 29.2 Å². The van der Waals surface area contributed by atoms with Gasteiger partial charge in [0.1, 0.15) is 29.5 Å². The Morgan fingerprint density at radius 3 is 2.59 bits per heavy atom. The summed E-state index contributed by atoms with van der Waals surface area (Å²) in [6.07, 6.45) is 9.78. The molecule has 2 aromatic heterocycles. The Kier molecular flexibility index (Phi) is 9.90. The Morgan fingerprint density at radius 2 is 1.92 bits per heavy atom. The molecule has 0 radical (unpaired) electrons. The standard InChI is InChI=1S/C29H41N3O6S/c1-20-18-32(19-36-13-14-39(5,6)7)27-26(20)24(11-12-30-27)37-23-10-8-9-21(15-23)22(16-25(33)34)17-31-28(35)38-29(2,3)4/h8-12,15,18,22H,13-14,16-17,19H2,1-7H3,(H,31,35)(H,33,34). The number of ether oxygens (including phenoxy) is 3. The molecule has 0 aliphatic heterocycles. The van der Waals surface area contributed by atoms with Crippen molar-refractivity contribution >= 4 is 33.1 Å². The Bertz CT molecular complexity index is 1290. The molecular weight excluding hydrogens is 518 g/mol. The van der Waals surface area contributed by atoms with Crippen LogP contribution in [0.4, 0.5) is 4.79 Å². The topological polar surface area (TPSA) is 112 Å². The van der Waals surface area contributed by atoms with Crippen LogP contribution in [-0.4, -0.2) is 70.0 Å². The van der Waals surface area contributed by atoms with E-state index < -0.39 is 33.6 Å². The molecule has 0 fully saturated rings. The Balaban J connectivity index is 1.78. The van der Waals surface area contributed by atoms with Crippen molar-refractivity contribution in [3.63, 3.8) is 0 Å². The number of hydrogen-bond acceptors (Lipinski definition) is 6. The molecule has 1 aromatic carbocycles. The number of aryl methyl sites for hydroxylation is 1. The number of fused-ring (bicyclic) bond motifs is 1. The van der Waals surface area contributed by atoms with Crippen LogP contribution in [0.5, 0.6) is 11.5 Å². The number of nitrogens with one attached hydrogen (secondary N) is 1. The highest BCUT2D eigenvalue weighted by molar-refractivity contribution is 8.32. The number of carbonyl (C=O) groups excluding carboxylic acids is 1. The average molecular weight is 560 g/mol. The number of carbonyl (C=O) groups is 2. The summed E-state index contributed by atoms with van der Waals surface area (Å²) in [5.41, 5.74) is 1.88. The van der Waals surface area contributed by atoms with Crippen molar-refractivity contribution in [3.05, 3.63) is 53.9 Å². The van der Waals surface area contributed by atoms with Crippen LogP contribution in [0.15, 0.2) is 42.7 Å². The first-order chi connectivity index (χ1) is 18.2. The maximum Gasteiger partial charge on any atom is 0.407 e. The van der Waals surface area contributed by atoms with Gasteiger partial charge in [-0.25, -0.2) is 19.8 Å². The van der Waals surface area contributed by atoms with Gasteiger partial charge in [-0.3, -0.25) is 4.79 Å². The Hall–Kier alpha value is -3.24. The molecule has 3 rings (SSSR count). The van der Waals surface area contributed by atoms with E-state index in [0.29, 0.717) is 24.8 Å². The van der Waals surface area contributed by atoms with Crippen LogP contribution in [0.1, 0.15) is 44.2 Å². The number of rotatable bonds is 12. The van der Waals surface area contributed by atoms with Crippen LogP contribution in [0.25, 0.3) is 11.0 Å². The summed E-state index contributed by atoms with van der Waals surface area (Å²) in [6, 6.07) is 9.08. The minimum absolute atomic E-state index is 0.114. The number of benzene rings is 1. The van der Waals surface area contributed by atoms with Crippen molar-refractivity contribution in [2.24, 2.45) is 0 Å². The van der Waals surface area contributed by atoms with Gasteiger partial charge in [0.25, 0.3) is 0 Å². The lowest BCUT2D eigenvalue weighted by Crippen LogP contribution is -2.35.